The summed E-state index contributed by atoms with van der Waals surface area (Å²) in [6, 6.07) is 8.04. The first-order valence-corrected chi connectivity index (χ1v) is 11.3. The van der Waals surface area contributed by atoms with Gasteiger partial charge in [-0.05, 0) is 36.8 Å². The predicted octanol–water partition coefficient (Wildman–Crippen LogP) is 2.08. The molecule has 2 aliphatic rings. The Labute approximate surface area is 183 Å². The average Bonchev–Trinajstić information content (AvgIpc) is 3.45. The molecule has 2 aliphatic heterocycles. The minimum absolute atomic E-state index is 0.102. The van der Waals surface area contributed by atoms with Crippen LogP contribution in [0.25, 0.3) is 0 Å². The lowest BCUT2D eigenvalue weighted by atomic mass is 9.93. The monoisotopic (exact) mass is 425 g/mol. The van der Waals surface area contributed by atoms with Gasteiger partial charge in [-0.2, -0.15) is 4.98 Å². The van der Waals surface area contributed by atoms with Crippen LogP contribution in [0.2, 0.25) is 0 Å². The summed E-state index contributed by atoms with van der Waals surface area (Å²) in [5.41, 5.74) is 2.45. The van der Waals surface area contributed by atoms with Gasteiger partial charge < -0.3 is 14.7 Å². The number of benzene rings is 1. The van der Waals surface area contributed by atoms with Gasteiger partial charge in [-0.15, -0.1) is 0 Å². The highest BCUT2D eigenvalue weighted by atomic mass is 16.5. The van der Waals surface area contributed by atoms with Crippen molar-refractivity contribution in [2.75, 3.05) is 19.6 Å². The molecule has 0 spiro atoms. The van der Waals surface area contributed by atoms with Crippen molar-refractivity contribution in [3.8, 4) is 0 Å². The lowest BCUT2D eigenvalue weighted by Gasteiger charge is -2.37. The second-order valence-corrected chi connectivity index (χ2v) is 8.41. The number of carbonyl (C=O) groups excluding carboxylic acids is 2. The summed E-state index contributed by atoms with van der Waals surface area (Å²) in [4.78, 5) is 33.8. The molecule has 0 saturated carbocycles. The molecule has 2 aromatic rings. The van der Waals surface area contributed by atoms with E-state index in [0.717, 1.165) is 38.8 Å². The van der Waals surface area contributed by atoms with Crippen LogP contribution in [0.3, 0.4) is 0 Å². The number of unbranched alkanes of at least 4 members (excludes halogenated alkanes) is 1. The van der Waals surface area contributed by atoms with Crippen LogP contribution in [0.1, 0.15) is 55.4 Å². The number of hydrogen-bond acceptors (Lipinski definition) is 6. The highest BCUT2D eigenvalue weighted by Gasteiger charge is 2.35. The molecule has 2 amide bonds. The van der Waals surface area contributed by atoms with Gasteiger partial charge in [0.1, 0.15) is 0 Å². The number of nitrogens with one attached hydrogen (secondary N) is 1. The van der Waals surface area contributed by atoms with Gasteiger partial charge in [-0.1, -0.05) is 42.8 Å². The number of fused-ring (bicyclic) bond motifs is 1. The molecule has 0 radical (unpaired) electrons. The van der Waals surface area contributed by atoms with Crippen LogP contribution >= 0.6 is 0 Å². The smallest absolute Gasteiger partial charge is 0.240 e. The molecule has 1 aromatic carbocycles. The summed E-state index contributed by atoms with van der Waals surface area (Å²) in [5.74, 6) is 0.899. The van der Waals surface area contributed by atoms with Gasteiger partial charge in [-0.25, -0.2) is 0 Å². The summed E-state index contributed by atoms with van der Waals surface area (Å²) < 4.78 is 5.43. The third kappa shape index (κ3) is 5.31. The van der Waals surface area contributed by atoms with E-state index in [9.17, 15) is 9.59 Å². The van der Waals surface area contributed by atoms with Crippen LogP contribution < -0.4 is 5.32 Å². The second-order valence-electron chi connectivity index (χ2n) is 8.41. The number of nitrogens with zero attached hydrogens (tertiary/aromatic N) is 4. The summed E-state index contributed by atoms with van der Waals surface area (Å²) in [5, 5.41) is 6.84. The van der Waals surface area contributed by atoms with E-state index in [1.807, 2.05) is 17.0 Å². The van der Waals surface area contributed by atoms with Crippen molar-refractivity contribution < 1.29 is 14.1 Å². The quantitative estimate of drug-likeness (QED) is 0.651. The molecule has 0 unspecified atom stereocenters. The van der Waals surface area contributed by atoms with E-state index in [0.29, 0.717) is 37.8 Å². The lowest BCUT2D eigenvalue weighted by Crippen LogP contribution is -2.50. The molecular weight excluding hydrogens is 394 g/mol. The highest BCUT2D eigenvalue weighted by molar-refractivity contribution is 5.83. The maximum absolute atomic E-state index is 13.3. The first-order chi connectivity index (χ1) is 15.1. The Balaban J connectivity index is 1.44. The molecule has 1 N–H and O–H groups in total. The zero-order chi connectivity index (χ0) is 21.6. The van der Waals surface area contributed by atoms with Gasteiger partial charge >= 0.3 is 0 Å². The molecule has 1 fully saturated rings. The van der Waals surface area contributed by atoms with Crippen LogP contribution in [0.15, 0.2) is 28.8 Å². The maximum atomic E-state index is 13.3. The first-order valence-electron chi connectivity index (χ1n) is 11.3. The van der Waals surface area contributed by atoms with Gasteiger partial charge in [0.2, 0.25) is 17.7 Å². The number of rotatable bonds is 8. The Hall–Kier alpha value is -2.74. The Morgan fingerprint density at radius 2 is 1.97 bits per heavy atom. The third-order valence-corrected chi connectivity index (χ3v) is 6.07. The first kappa shape index (κ1) is 21.5. The van der Waals surface area contributed by atoms with Crippen molar-refractivity contribution in [2.24, 2.45) is 0 Å². The molecule has 8 nitrogen and oxygen atoms in total. The van der Waals surface area contributed by atoms with Crippen molar-refractivity contribution in [3.63, 3.8) is 0 Å². The van der Waals surface area contributed by atoms with Crippen molar-refractivity contribution in [1.82, 2.24) is 25.3 Å². The number of likely N-dealkylation sites (tertiary alicyclic amines) is 1. The molecule has 4 rings (SSSR count). The Kier molecular flexibility index (Phi) is 6.96. The molecule has 0 bridgehead atoms. The van der Waals surface area contributed by atoms with E-state index in [1.165, 1.54) is 11.1 Å². The molecule has 1 aromatic heterocycles. The SMILES string of the molecule is CCCCNC(=O)Cc1noc(CN2Cc3ccccc3C[C@H]2C(=O)N2CCCC2)n1. The van der Waals surface area contributed by atoms with E-state index >= 15 is 0 Å². The fraction of sp³-hybridized carbons (Fsp3) is 0.565. The van der Waals surface area contributed by atoms with E-state index in [4.69, 9.17) is 4.52 Å². The third-order valence-electron chi connectivity index (χ3n) is 6.07. The van der Waals surface area contributed by atoms with Crippen molar-refractivity contribution >= 4 is 11.8 Å². The molecule has 0 aliphatic carbocycles. The topological polar surface area (TPSA) is 91.6 Å². The Morgan fingerprint density at radius 3 is 2.74 bits per heavy atom. The van der Waals surface area contributed by atoms with E-state index < -0.39 is 0 Å². The van der Waals surface area contributed by atoms with E-state index in [1.54, 1.807) is 0 Å². The zero-order valence-corrected chi connectivity index (χ0v) is 18.2. The minimum Gasteiger partial charge on any atom is -0.356 e. The fourth-order valence-corrected chi connectivity index (χ4v) is 4.35. The maximum Gasteiger partial charge on any atom is 0.240 e. The standard InChI is InChI=1S/C23H31N5O3/c1-2-3-10-24-21(29)14-20-25-22(31-26-20)16-28-15-18-9-5-4-8-17(18)13-19(28)23(30)27-11-6-7-12-27/h4-5,8-9,19H,2-3,6-7,10-16H2,1H3,(H,24,29)/t19-/m0/s1. The van der Waals surface area contributed by atoms with Gasteiger partial charge in [0, 0.05) is 26.2 Å². The van der Waals surface area contributed by atoms with Gasteiger partial charge in [-0.3, -0.25) is 14.5 Å². The van der Waals surface area contributed by atoms with Gasteiger partial charge in [0.15, 0.2) is 5.82 Å². The zero-order valence-electron chi connectivity index (χ0n) is 18.2. The average molecular weight is 426 g/mol. The number of hydrogen-bond donors (Lipinski definition) is 1. The number of carbonyl (C=O) groups is 2. The van der Waals surface area contributed by atoms with Crippen molar-refractivity contribution in [1.29, 1.82) is 0 Å². The highest BCUT2D eigenvalue weighted by Crippen LogP contribution is 2.27. The Bertz CT molecular complexity index is 906. The molecule has 8 heteroatoms. The second kappa shape index (κ2) is 10.0. The van der Waals surface area contributed by atoms with Crippen molar-refractivity contribution in [3.05, 3.63) is 47.1 Å². The number of amides is 2. The molecule has 3 heterocycles. The van der Waals surface area contributed by atoms with E-state index in [2.05, 4.69) is 39.4 Å². The van der Waals surface area contributed by atoms with Crippen LogP contribution in [0.4, 0.5) is 0 Å². The number of aromatic nitrogens is 2. The normalized spacial score (nSPS) is 18.7. The molecule has 166 valence electrons. The molecule has 1 atom stereocenters. The molecule has 31 heavy (non-hydrogen) atoms. The van der Waals surface area contributed by atoms with Crippen LogP contribution in [0.5, 0.6) is 0 Å². The van der Waals surface area contributed by atoms with Gasteiger partial charge in [0.05, 0.1) is 19.0 Å². The summed E-state index contributed by atoms with van der Waals surface area (Å²) >= 11 is 0. The van der Waals surface area contributed by atoms with Crippen LogP contribution in [-0.2, 0) is 35.5 Å². The lowest BCUT2D eigenvalue weighted by molar-refractivity contribution is -0.137. The molecular formula is C23H31N5O3. The Morgan fingerprint density at radius 1 is 1.19 bits per heavy atom. The van der Waals surface area contributed by atoms with Gasteiger partial charge in [0.25, 0.3) is 0 Å². The van der Waals surface area contributed by atoms with Crippen LogP contribution in [0, 0.1) is 0 Å². The summed E-state index contributed by atoms with van der Waals surface area (Å²) in [7, 11) is 0. The van der Waals surface area contributed by atoms with Crippen molar-refractivity contribution in [2.45, 2.75) is 64.6 Å². The summed E-state index contributed by atoms with van der Waals surface area (Å²) in [6.45, 7) is 5.47. The van der Waals surface area contributed by atoms with Crippen LogP contribution in [-0.4, -0.2) is 57.4 Å². The molecule has 1 saturated heterocycles. The summed E-state index contributed by atoms with van der Waals surface area (Å²) in [6.07, 6.45) is 4.91. The largest absolute Gasteiger partial charge is 0.356 e. The van der Waals surface area contributed by atoms with E-state index in [-0.39, 0.29) is 24.3 Å². The predicted molar refractivity (Wildman–Crippen MR) is 115 cm³/mol. The fourth-order valence-electron chi connectivity index (χ4n) is 4.35. The minimum atomic E-state index is -0.235.